The fourth-order valence-electron chi connectivity index (χ4n) is 3.20. The van der Waals surface area contributed by atoms with E-state index < -0.39 is 0 Å². The second-order valence-electron chi connectivity index (χ2n) is 5.56. The molecular weight excluding hydrogens is 246 g/mol. The Hall–Kier alpha value is -1.16. The SMILES string of the molecule is C=CCC1[C@@H](C)NCCN1[C@H](CNC)c1ccccc1. The zero-order valence-electron chi connectivity index (χ0n) is 12.7. The molecule has 1 unspecified atom stereocenters. The molecule has 20 heavy (non-hydrogen) atoms. The van der Waals surface area contributed by atoms with Crippen LogP contribution < -0.4 is 10.6 Å². The summed E-state index contributed by atoms with van der Waals surface area (Å²) in [4.78, 5) is 2.63. The highest BCUT2D eigenvalue weighted by atomic mass is 15.3. The van der Waals surface area contributed by atoms with Crippen molar-refractivity contribution in [2.45, 2.75) is 31.5 Å². The van der Waals surface area contributed by atoms with Crippen molar-refractivity contribution in [3.63, 3.8) is 0 Å². The molecule has 1 saturated heterocycles. The Kier molecular flexibility index (Phi) is 5.77. The average Bonchev–Trinajstić information content (AvgIpc) is 2.48. The highest BCUT2D eigenvalue weighted by Gasteiger charge is 2.32. The van der Waals surface area contributed by atoms with E-state index in [2.05, 4.69) is 59.4 Å². The maximum Gasteiger partial charge on any atom is 0.0476 e. The van der Waals surface area contributed by atoms with Gasteiger partial charge in [-0.15, -0.1) is 6.58 Å². The summed E-state index contributed by atoms with van der Waals surface area (Å²) < 4.78 is 0. The first kappa shape index (κ1) is 15.2. The van der Waals surface area contributed by atoms with E-state index in [1.165, 1.54) is 5.56 Å². The lowest BCUT2D eigenvalue weighted by atomic mass is 9.96. The smallest absolute Gasteiger partial charge is 0.0476 e. The third-order valence-corrected chi connectivity index (χ3v) is 4.23. The molecule has 0 spiro atoms. The van der Waals surface area contributed by atoms with Crippen LogP contribution in [0.5, 0.6) is 0 Å². The fourth-order valence-corrected chi connectivity index (χ4v) is 3.20. The molecular formula is C17H27N3. The topological polar surface area (TPSA) is 27.3 Å². The summed E-state index contributed by atoms with van der Waals surface area (Å²) in [5.41, 5.74) is 1.39. The molecule has 110 valence electrons. The lowest BCUT2D eigenvalue weighted by molar-refractivity contribution is 0.0789. The molecule has 3 nitrogen and oxygen atoms in total. The van der Waals surface area contributed by atoms with Crippen LogP contribution in [0.25, 0.3) is 0 Å². The largest absolute Gasteiger partial charge is 0.318 e. The first-order valence-electron chi connectivity index (χ1n) is 7.57. The van der Waals surface area contributed by atoms with E-state index >= 15 is 0 Å². The summed E-state index contributed by atoms with van der Waals surface area (Å²) in [6.45, 7) is 9.33. The summed E-state index contributed by atoms with van der Waals surface area (Å²) in [6, 6.07) is 12.3. The van der Waals surface area contributed by atoms with Crippen molar-refractivity contribution in [2.24, 2.45) is 0 Å². The maximum atomic E-state index is 3.93. The first-order chi connectivity index (χ1) is 9.77. The average molecular weight is 273 g/mol. The van der Waals surface area contributed by atoms with Crippen LogP contribution in [-0.2, 0) is 0 Å². The highest BCUT2D eigenvalue weighted by molar-refractivity contribution is 5.20. The van der Waals surface area contributed by atoms with Crippen molar-refractivity contribution < 1.29 is 0 Å². The van der Waals surface area contributed by atoms with Crippen LogP contribution in [0.4, 0.5) is 0 Å². The predicted octanol–water partition coefficient (Wildman–Crippen LogP) is 2.19. The fraction of sp³-hybridized carbons (Fsp3) is 0.529. The summed E-state index contributed by atoms with van der Waals surface area (Å²) in [7, 11) is 2.03. The zero-order valence-corrected chi connectivity index (χ0v) is 12.7. The van der Waals surface area contributed by atoms with Gasteiger partial charge in [-0.3, -0.25) is 4.90 Å². The van der Waals surface area contributed by atoms with Crippen molar-refractivity contribution in [2.75, 3.05) is 26.7 Å². The third kappa shape index (κ3) is 3.48. The van der Waals surface area contributed by atoms with Crippen LogP contribution in [0.1, 0.15) is 24.9 Å². The van der Waals surface area contributed by atoms with E-state index in [9.17, 15) is 0 Å². The van der Waals surface area contributed by atoms with Gasteiger partial charge < -0.3 is 10.6 Å². The molecule has 1 aromatic rings. The van der Waals surface area contributed by atoms with Crippen molar-refractivity contribution in [1.82, 2.24) is 15.5 Å². The van der Waals surface area contributed by atoms with Gasteiger partial charge in [-0.1, -0.05) is 36.4 Å². The molecule has 1 aromatic carbocycles. The van der Waals surface area contributed by atoms with E-state index in [-0.39, 0.29) is 0 Å². The second kappa shape index (κ2) is 7.58. The minimum atomic E-state index is 0.427. The van der Waals surface area contributed by atoms with Crippen LogP contribution in [-0.4, -0.2) is 43.7 Å². The molecule has 0 radical (unpaired) electrons. The van der Waals surface area contributed by atoms with Gasteiger partial charge in [0, 0.05) is 37.8 Å². The summed E-state index contributed by atoms with van der Waals surface area (Å²) >= 11 is 0. The predicted molar refractivity (Wildman–Crippen MR) is 85.9 cm³/mol. The Labute approximate surface area is 123 Å². The molecule has 1 fully saturated rings. The van der Waals surface area contributed by atoms with E-state index in [0.29, 0.717) is 18.1 Å². The quantitative estimate of drug-likeness (QED) is 0.778. The minimum Gasteiger partial charge on any atom is -0.318 e. The summed E-state index contributed by atoms with van der Waals surface area (Å²) in [6.07, 6.45) is 3.07. The Morgan fingerprint density at radius 1 is 1.45 bits per heavy atom. The van der Waals surface area contributed by atoms with Crippen molar-refractivity contribution >= 4 is 0 Å². The first-order valence-corrected chi connectivity index (χ1v) is 7.57. The highest BCUT2D eigenvalue weighted by Crippen LogP contribution is 2.26. The summed E-state index contributed by atoms with van der Waals surface area (Å²) in [5, 5.41) is 6.94. The molecule has 0 saturated carbocycles. The van der Waals surface area contributed by atoms with Crippen LogP contribution in [0.15, 0.2) is 43.0 Å². The van der Waals surface area contributed by atoms with Gasteiger partial charge >= 0.3 is 0 Å². The number of likely N-dealkylation sites (N-methyl/N-ethyl adjacent to an activating group) is 1. The molecule has 1 aliphatic heterocycles. The monoisotopic (exact) mass is 273 g/mol. The van der Waals surface area contributed by atoms with E-state index in [1.54, 1.807) is 0 Å². The molecule has 1 aliphatic rings. The van der Waals surface area contributed by atoms with Gasteiger partial charge in [0.2, 0.25) is 0 Å². The molecule has 3 heteroatoms. The van der Waals surface area contributed by atoms with Crippen LogP contribution >= 0.6 is 0 Å². The lowest BCUT2D eigenvalue weighted by Crippen LogP contribution is -2.58. The Morgan fingerprint density at radius 2 is 2.20 bits per heavy atom. The molecule has 0 amide bonds. The minimum absolute atomic E-state index is 0.427. The normalized spacial score (nSPS) is 25.3. The number of piperazine rings is 1. The van der Waals surface area contributed by atoms with Crippen molar-refractivity contribution in [3.8, 4) is 0 Å². The second-order valence-corrected chi connectivity index (χ2v) is 5.56. The number of benzene rings is 1. The molecule has 2 rings (SSSR count). The molecule has 1 heterocycles. The van der Waals surface area contributed by atoms with E-state index in [0.717, 1.165) is 26.1 Å². The van der Waals surface area contributed by atoms with Gasteiger partial charge in [0.1, 0.15) is 0 Å². The van der Waals surface area contributed by atoms with Crippen LogP contribution in [0.3, 0.4) is 0 Å². The number of hydrogen-bond acceptors (Lipinski definition) is 3. The third-order valence-electron chi connectivity index (χ3n) is 4.23. The van der Waals surface area contributed by atoms with E-state index in [4.69, 9.17) is 0 Å². The van der Waals surface area contributed by atoms with Gasteiger partial charge in [0.15, 0.2) is 0 Å². The van der Waals surface area contributed by atoms with Gasteiger partial charge in [0.05, 0.1) is 0 Å². The van der Waals surface area contributed by atoms with Crippen LogP contribution in [0.2, 0.25) is 0 Å². The van der Waals surface area contributed by atoms with Gasteiger partial charge in [0.25, 0.3) is 0 Å². The van der Waals surface area contributed by atoms with Gasteiger partial charge in [-0.2, -0.15) is 0 Å². The Balaban J connectivity index is 2.24. The number of rotatable bonds is 6. The van der Waals surface area contributed by atoms with Crippen molar-refractivity contribution in [1.29, 1.82) is 0 Å². The molecule has 0 aliphatic carbocycles. The maximum absolute atomic E-state index is 3.93. The molecule has 0 aromatic heterocycles. The number of nitrogens with one attached hydrogen (secondary N) is 2. The molecule has 2 N–H and O–H groups in total. The Bertz CT molecular complexity index is 404. The summed E-state index contributed by atoms with van der Waals surface area (Å²) in [5.74, 6) is 0. The van der Waals surface area contributed by atoms with Crippen molar-refractivity contribution in [3.05, 3.63) is 48.6 Å². The molecule has 0 bridgehead atoms. The van der Waals surface area contributed by atoms with Gasteiger partial charge in [-0.05, 0) is 26.0 Å². The zero-order chi connectivity index (χ0) is 14.4. The number of nitrogens with zero attached hydrogens (tertiary/aromatic N) is 1. The van der Waals surface area contributed by atoms with Crippen LogP contribution in [0, 0.1) is 0 Å². The molecule has 3 atom stereocenters. The van der Waals surface area contributed by atoms with Gasteiger partial charge in [-0.25, -0.2) is 0 Å². The Morgan fingerprint density at radius 3 is 2.85 bits per heavy atom. The lowest BCUT2D eigenvalue weighted by Gasteiger charge is -2.45. The number of hydrogen-bond donors (Lipinski definition) is 2. The van der Waals surface area contributed by atoms with E-state index in [1.807, 2.05) is 13.1 Å². The standard InChI is InChI=1S/C17H27N3/c1-4-8-16-14(2)19-11-12-20(16)17(13-18-3)15-9-6-5-7-10-15/h4-7,9-10,14,16-19H,1,8,11-13H2,2-3H3/t14-,16?,17-/m1/s1.